The lowest BCUT2D eigenvalue weighted by atomic mass is 10.2. The maximum atomic E-state index is 4.64. The minimum atomic E-state index is 0.559. The molecule has 0 amide bonds. The normalized spacial score (nSPS) is 16.6. The number of aryl methyl sites for hydroxylation is 1. The van der Waals surface area contributed by atoms with Gasteiger partial charge in [0.1, 0.15) is 12.4 Å². The minimum Gasteiger partial charge on any atom is -0.356 e. The first-order valence-electron chi connectivity index (χ1n) is 7.60. The molecule has 6 heteroatoms. The van der Waals surface area contributed by atoms with Crippen LogP contribution in [-0.4, -0.2) is 33.3 Å². The van der Waals surface area contributed by atoms with Crippen LogP contribution < -0.4 is 10.6 Å². The number of nitrogens with one attached hydrogen (secondary N) is 2. The zero-order chi connectivity index (χ0) is 14.4. The van der Waals surface area contributed by atoms with Gasteiger partial charge in [-0.2, -0.15) is 0 Å². The lowest BCUT2D eigenvalue weighted by Crippen LogP contribution is -2.42. The first kappa shape index (κ1) is 14.8. The van der Waals surface area contributed by atoms with Gasteiger partial charge in [-0.05, 0) is 26.2 Å². The first-order valence-corrected chi connectivity index (χ1v) is 7.60. The van der Waals surface area contributed by atoms with Crippen molar-refractivity contribution in [1.29, 1.82) is 0 Å². The summed E-state index contributed by atoms with van der Waals surface area (Å²) in [6, 6.07) is 0.569. The Morgan fingerprint density at radius 2 is 2.10 bits per heavy atom. The fourth-order valence-electron chi connectivity index (χ4n) is 2.40. The molecule has 0 saturated heterocycles. The maximum Gasteiger partial charge on any atom is 0.191 e. The van der Waals surface area contributed by atoms with E-state index < -0.39 is 0 Å². The van der Waals surface area contributed by atoms with Crippen LogP contribution in [0.25, 0.3) is 0 Å². The lowest BCUT2D eigenvalue weighted by molar-refractivity contribution is 0.609. The van der Waals surface area contributed by atoms with Gasteiger partial charge in [-0.3, -0.25) is 0 Å². The summed E-state index contributed by atoms with van der Waals surface area (Å²) in [6.07, 6.45) is 6.22. The molecule has 0 radical (unpaired) electrons. The highest BCUT2D eigenvalue weighted by Gasteiger charge is 2.16. The van der Waals surface area contributed by atoms with Gasteiger partial charge in [0.25, 0.3) is 0 Å². The molecule has 0 spiro atoms. The van der Waals surface area contributed by atoms with Crippen molar-refractivity contribution in [2.75, 3.05) is 6.54 Å². The Hall–Kier alpha value is -1.59. The van der Waals surface area contributed by atoms with Crippen LogP contribution in [-0.2, 0) is 13.6 Å². The van der Waals surface area contributed by atoms with Gasteiger partial charge >= 0.3 is 0 Å². The molecule has 1 saturated carbocycles. The van der Waals surface area contributed by atoms with E-state index in [1.165, 1.54) is 25.7 Å². The third-order valence-electron chi connectivity index (χ3n) is 3.80. The molecule has 1 heterocycles. The number of hydrogen-bond acceptors (Lipinski definition) is 3. The van der Waals surface area contributed by atoms with E-state index in [0.29, 0.717) is 12.6 Å². The zero-order valence-corrected chi connectivity index (χ0v) is 12.8. The third-order valence-corrected chi connectivity index (χ3v) is 3.80. The van der Waals surface area contributed by atoms with Crippen molar-refractivity contribution in [3.8, 4) is 0 Å². The summed E-state index contributed by atoms with van der Waals surface area (Å²) in [6.45, 7) is 5.61. The number of guanidine groups is 1. The van der Waals surface area contributed by atoms with Crippen molar-refractivity contribution < 1.29 is 0 Å². The van der Waals surface area contributed by atoms with Crippen LogP contribution in [0.15, 0.2) is 4.99 Å². The lowest BCUT2D eigenvalue weighted by Gasteiger charge is -2.17. The molecule has 1 aliphatic rings. The predicted molar refractivity (Wildman–Crippen MR) is 80.6 cm³/mol. The number of rotatable bonds is 5. The molecular weight excluding hydrogens is 252 g/mol. The smallest absolute Gasteiger partial charge is 0.191 e. The fourth-order valence-corrected chi connectivity index (χ4v) is 2.40. The van der Waals surface area contributed by atoms with Crippen LogP contribution in [0.3, 0.4) is 0 Å². The molecule has 1 aromatic rings. The highest BCUT2D eigenvalue weighted by Crippen LogP contribution is 2.17. The number of aliphatic imine (C=N–C) groups is 1. The van der Waals surface area contributed by atoms with Gasteiger partial charge in [0.2, 0.25) is 0 Å². The summed E-state index contributed by atoms with van der Waals surface area (Å²) >= 11 is 0. The van der Waals surface area contributed by atoms with Gasteiger partial charge in [-0.15, -0.1) is 10.2 Å². The van der Waals surface area contributed by atoms with Gasteiger partial charge in [0, 0.05) is 19.6 Å². The zero-order valence-electron chi connectivity index (χ0n) is 12.8. The molecule has 2 rings (SSSR count). The monoisotopic (exact) mass is 278 g/mol. The molecule has 0 atom stereocenters. The van der Waals surface area contributed by atoms with Crippen LogP contribution in [0.2, 0.25) is 0 Å². The SMILES string of the molecule is CCCNC(=NCc1nnc(C)n1C)NC1CCCC1. The number of nitrogens with zero attached hydrogens (tertiary/aromatic N) is 4. The molecule has 0 aliphatic heterocycles. The van der Waals surface area contributed by atoms with E-state index in [9.17, 15) is 0 Å². The van der Waals surface area contributed by atoms with E-state index in [1.807, 2.05) is 18.5 Å². The quantitative estimate of drug-likeness (QED) is 0.633. The summed E-state index contributed by atoms with van der Waals surface area (Å²) in [5.41, 5.74) is 0. The van der Waals surface area contributed by atoms with E-state index >= 15 is 0 Å². The predicted octanol–water partition coefficient (Wildman–Crippen LogP) is 1.51. The minimum absolute atomic E-state index is 0.559. The molecule has 1 aromatic heterocycles. The van der Waals surface area contributed by atoms with Crippen LogP contribution in [0.1, 0.15) is 50.7 Å². The average molecular weight is 278 g/mol. The molecule has 0 aromatic carbocycles. The Balaban J connectivity index is 1.97. The number of aromatic nitrogens is 3. The van der Waals surface area contributed by atoms with Gasteiger partial charge in [-0.1, -0.05) is 19.8 Å². The molecular formula is C14H26N6. The molecule has 2 N–H and O–H groups in total. The van der Waals surface area contributed by atoms with Crippen LogP contribution in [0.5, 0.6) is 0 Å². The summed E-state index contributed by atoms with van der Waals surface area (Å²) in [7, 11) is 1.98. The standard InChI is InChI=1S/C14H26N6/c1-4-9-15-14(17-12-7-5-6-8-12)16-10-13-19-18-11(2)20(13)3/h12H,4-10H2,1-3H3,(H2,15,16,17). The molecule has 20 heavy (non-hydrogen) atoms. The largest absolute Gasteiger partial charge is 0.356 e. The second-order valence-corrected chi connectivity index (χ2v) is 5.44. The third kappa shape index (κ3) is 3.95. The Bertz CT molecular complexity index is 445. The first-order chi connectivity index (χ1) is 9.70. The van der Waals surface area contributed by atoms with E-state index in [2.05, 4.69) is 32.7 Å². The van der Waals surface area contributed by atoms with E-state index in [1.54, 1.807) is 0 Å². The summed E-state index contributed by atoms with van der Waals surface area (Å²) in [4.78, 5) is 4.64. The van der Waals surface area contributed by atoms with Crippen molar-refractivity contribution in [3.05, 3.63) is 11.6 Å². The Morgan fingerprint density at radius 1 is 1.35 bits per heavy atom. The Morgan fingerprint density at radius 3 is 2.70 bits per heavy atom. The number of hydrogen-bond donors (Lipinski definition) is 2. The van der Waals surface area contributed by atoms with E-state index in [-0.39, 0.29) is 0 Å². The van der Waals surface area contributed by atoms with Gasteiger partial charge in [0.15, 0.2) is 11.8 Å². The fraction of sp³-hybridized carbons (Fsp3) is 0.786. The molecule has 1 fully saturated rings. The molecule has 112 valence electrons. The molecule has 0 bridgehead atoms. The van der Waals surface area contributed by atoms with Gasteiger partial charge in [0.05, 0.1) is 0 Å². The van der Waals surface area contributed by atoms with E-state index in [4.69, 9.17) is 0 Å². The Kier molecular flexibility index (Phi) is 5.38. The van der Waals surface area contributed by atoms with Crippen molar-refractivity contribution in [2.24, 2.45) is 12.0 Å². The molecule has 6 nitrogen and oxygen atoms in total. The van der Waals surface area contributed by atoms with Crippen molar-refractivity contribution >= 4 is 5.96 Å². The summed E-state index contributed by atoms with van der Waals surface area (Å²) < 4.78 is 1.98. The maximum absolute atomic E-state index is 4.64. The van der Waals surface area contributed by atoms with Crippen molar-refractivity contribution in [3.63, 3.8) is 0 Å². The molecule has 1 aliphatic carbocycles. The highest BCUT2D eigenvalue weighted by molar-refractivity contribution is 5.80. The average Bonchev–Trinajstić information content (AvgIpc) is 3.06. The van der Waals surface area contributed by atoms with E-state index in [0.717, 1.165) is 30.6 Å². The van der Waals surface area contributed by atoms with Crippen molar-refractivity contribution in [2.45, 2.75) is 58.5 Å². The van der Waals surface area contributed by atoms with Crippen LogP contribution in [0.4, 0.5) is 0 Å². The summed E-state index contributed by atoms with van der Waals surface area (Å²) in [5.74, 6) is 2.72. The van der Waals surface area contributed by atoms with Crippen LogP contribution >= 0.6 is 0 Å². The van der Waals surface area contributed by atoms with Gasteiger partial charge < -0.3 is 15.2 Å². The van der Waals surface area contributed by atoms with Gasteiger partial charge in [-0.25, -0.2) is 4.99 Å². The van der Waals surface area contributed by atoms with Crippen molar-refractivity contribution in [1.82, 2.24) is 25.4 Å². The highest BCUT2D eigenvalue weighted by atomic mass is 15.3. The second kappa shape index (κ2) is 7.26. The topological polar surface area (TPSA) is 67.1 Å². The van der Waals surface area contributed by atoms with Crippen LogP contribution in [0, 0.1) is 6.92 Å². The Labute approximate surface area is 121 Å². The molecule has 0 unspecified atom stereocenters. The second-order valence-electron chi connectivity index (χ2n) is 5.44. The summed E-state index contributed by atoms with van der Waals surface area (Å²) in [5, 5.41) is 15.1.